The fraction of sp³-hybridized carbons (Fsp3) is 0.158. The Bertz CT molecular complexity index is 924. The highest BCUT2D eigenvalue weighted by molar-refractivity contribution is 6.13. The summed E-state index contributed by atoms with van der Waals surface area (Å²) < 4.78 is 45.1. The van der Waals surface area contributed by atoms with E-state index in [2.05, 4.69) is 9.73 Å². The lowest BCUT2D eigenvalue weighted by Gasteiger charge is -2.08. The molecule has 27 heavy (non-hydrogen) atoms. The molecule has 0 amide bonds. The lowest BCUT2D eigenvalue weighted by Crippen LogP contribution is -2.10. The molecule has 1 heterocycles. The number of benzene rings is 2. The molecule has 0 unspecified atom stereocenters. The number of rotatable bonds is 6. The second-order valence-corrected chi connectivity index (χ2v) is 5.33. The molecule has 0 N–H and O–H groups in total. The van der Waals surface area contributed by atoms with Gasteiger partial charge in [-0.1, -0.05) is 18.2 Å². The highest BCUT2D eigenvalue weighted by atomic mass is 19.3. The van der Waals surface area contributed by atoms with Gasteiger partial charge in [0.1, 0.15) is 5.75 Å². The quantitative estimate of drug-likeness (QED) is 0.570. The number of carbonyl (C=O) groups excluding carboxylic acids is 1. The van der Waals surface area contributed by atoms with Crippen molar-refractivity contribution in [3.8, 4) is 17.2 Å². The molecule has 3 rings (SSSR count). The van der Waals surface area contributed by atoms with Crippen LogP contribution in [0.15, 0.2) is 53.2 Å². The van der Waals surface area contributed by atoms with E-state index in [1.807, 2.05) is 0 Å². The van der Waals surface area contributed by atoms with Gasteiger partial charge in [0, 0.05) is 0 Å². The van der Waals surface area contributed by atoms with Gasteiger partial charge in [-0.05, 0) is 35.9 Å². The van der Waals surface area contributed by atoms with Crippen LogP contribution in [0.5, 0.6) is 17.2 Å². The van der Waals surface area contributed by atoms with Crippen molar-refractivity contribution in [2.75, 3.05) is 14.2 Å². The summed E-state index contributed by atoms with van der Waals surface area (Å²) in [7, 11) is 3.01. The van der Waals surface area contributed by atoms with Gasteiger partial charge in [0.05, 0.1) is 19.8 Å². The molecule has 8 heteroatoms. The summed E-state index contributed by atoms with van der Waals surface area (Å²) in [4.78, 5) is 16.2. The number of methoxy groups -OCH3 is 2. The van der Waals surface area contributed by atoms with Gasteiger partial charge in [-0.15, -0.1) is 0 Å². The number of hydrogen-bond donors (Lipinski definition) is 0. The van der Waals surface area contributed by atoms with Crippen molar-refractivity contribution >= 4 is 17.9 Å². The van der Waals surface area contributed by atoms with Crippen LogP contribution in [0, 0.1) is 0 Å². The molecule has 0 radical (unpaired) electrons. The highest BCUT2D eigenvalue weighted by Crippen LogP contribution is 2.30. The van der Waals surface area contributed by atoms with Crippen LogP contribution in [0.2, 0.25) is 0 Å². The fourth-order valence-corrected chi connectivity index (χ4v) is 2.47. The van der Waals surface area contributed by atoms with E-state index in [0.29, 0.717) is 17.1 Å². The maximum atomic E-state index is 12.6. The minimum atomic E-state index is -3.01. The average molecular weight is 375 g/mol. The molecule has 0 aliphatic carbocycles. The number of hydrogen-bond acceptors (Lipinski definition) is 6. The molecule has 1 aliphatic rings. The van der Waals surface area contributed by atoms with Crippen LogP contribution in [-0.2, 0) is 9.53 Å². The van der Waals surface area contributed by atoms with Crippen LogP contribution < -0.4 is 14.2 Å². The van der Waals surface area contributed by atoms with Crippen LogP contribution in [0.4, 0.5) is 8.78 Å². The number of cyclic esters (lactones) is 1. The minimum Gasteiger partial charge on any atom is -0.493 e. The van der Waals surface area contributed by atoms with Gasteiger partial charge in [0.15, 0.2) is 17.2 Å². The van der Waals surface area contributed by atoms with Crippen molar-refractivity contribution in [3.63, 3.8) is 0 Å². The summed E-state index contributed by atoms with van der Waals surface area (Å²) in [5.41, 5.74) is 0.799. The van der Waals surface area contributed by atoms with Crippen LogP contribution in [0.1, 0.15) is 11.1 Å². The topological polar surface area (TPSA) is 66.3 Å². The molecular formula is C19H15F2NO5. The Morgan fingerprint density at radius 2 is 1.78 bits per heavy atom. The second-order valence-electron chi connectivity index (χ2n) is 5.33. The van der Waals surface area contributed by atoms with Gasteiger partial charge in [0.25, 0.3) is 0 Å². The fourth-order valence-electron chi connectivity index (χ4n) is 2.47. The molecule has 0 atom stereocenters. The predicted octanol–water partition coefficient (Wildman–Crippen LogP) is 3.65. The first-order chi connectivity index (χ1) is 13.0. The first kappa shape index (κ1) is 18.4. The van der Waals surface area contributed by atoms with E-state index in [1.165, 1.54) is 38.5 Å². The van der Waals surface area contributed by atoms with Crippen LogP contribution in [-0.4, -0.2) is 32.7 Å². The van der Waals surface area contributed by atoms with E-state index in [1.54, 1.807) is 24.3 Å². The molecule has 1 aliphatic heterocycles. The number of halogens is 2. The Hall–Kier alpha value is -3.42. The molecule has 140 valence electrons. The van der Waals surface area contributed by atoms with Crippen LogP contribution in [0.25, 0.3) is 6.08 Å². The number of para-hydroxylation sites is 1. The van der Waals surface area contributed by atoms with Gasteiger partial charge in [-0.3, -0.25) is 0 Å². The molecule has 0 fully saturated rings. The minimum absolute atomic E-state index is 0.0177. The van der Waals surface area contributed by atoms with Gasteiger partial charge in [-0.25, -0.2) is 9.79 Å². The number of nitrogens with zero attached hydrogens (tertiary/aromatic N) is 1. The zero-order chi connectivity index (χ0) is 19.4. The normalized spacial score (nSPS) is 14.9. The summed E-state index contributed by atoms with van der Waals surface area (Å²) in [6, 6.07) is 11.0. The SMILES string of the molecule is COc1ccc(/C=C2\N=C(c3ccccc3OC(F)F)OC2=O)cc1OC. The largest absolute Gasteiger partial charge is 0.493 e. The van der Waals surface area contributed by atoms with Crippen LogP contribution >= 0.6 is 0 Å². The zero-order valence-electron chi connectivity index (χ0n) is 14.4. The molecule has 2 aromatic rings. The Balaban J connectivity index is 1.94. The summed E-state index contributed by atoms with van der Waals surface area (Å²) in [6.45, 7) is -3.01. The van der Waals surface area contributed by atoms with Crippen molar-refractivity contribution in [2.45, 2.75) is 6.61 Å². The lowest BCUT2D eigenvalue weighted by atomic mass is 10.1. The maximum Gasteiger partial charge on any atom is 0.387 e. The third-order valence-corrected chi connectivity index (χ3v) is 3.67. The smallest absolute Gasteiger partial charge is 0.387 e. The number of carbonyl (C=O) groups is 1. The molecule has 0 spiro atoms. The van der Waals surface area contributed by atoms with E-state index < -0.39 is 12.6 Å². The maximum absolute atomic E-state index is 12.6. The molecule has 6 nitrogen and oxygen atoms in total. The van der Waals surface area contributed by atoms with Crippen molar-refractivity contribution in [3.05, 3.63) is 59.3 Å². The average Bonchev–Trinajstić information content (AvgIpc) is 3.01. The third kappa shape index (κ3) is 4.05. The van der Waals surface area contributed by atoms with Gasteiger partial charge < -0.3 is 18.9 Å². The molecule has 0 aromatic heterocycles. The second kappa shape index (κ2) is 7.86. The molecule has 0 saturated heterocycles. The van der Waals surface area contributed by atoms with E-state index in [0.717, 1.165) is 0 Å². The summed E-state index contributed by atoms with van der Waals surface area (Å²) in [5, 5.41) is 0. The first-order valence-electron chi connectivity index (χ1n) is 7.80. The summed E-state index contributed by atoms with van der Waals surface area (Å²) in [5.74, 6) is 0.0787. The van der Waals surface area contributed by atoms with Crippen molar-refractivity contribution in [1.82, 2.24) is 0 Å². The molecule has 0 bridgehead atoms. The van der Waals surface area contributed by atoms with Crippen molar-refractivity contribution < 1.29 is 32.5 Å². The van der Waals surface area contributed by atoms with Crippen LogP contribution in [0.3, 0.4) is 0 Å². The predicted molar refractivity (Wildman–Crippen MR) is 93.2 cm³/mol. The Kier molecular flexibility index (Phi) is 5.35. The Morgan fingerprint density at radius 1 is 1.04 bits per heavy atom. The van der Waals surface area contributed by atoms with Crippen molar-refractivity contribution in [1.29, 1.82) is 0 Å². The highest BCUT2D eigenvalue weighted by Gasteiger charge is 2.27. The van der Waals surface area contributed by atoms with E-state index >= 15 is 0 Å². The number of esters is 1. The third-order valence-electron chi connectivity index (χ3n) is 3.67. The number of aliphatic imine (C=N–C) groups is 1. The number of ether oxygens (including phenoxy) is 4. The standard InChI is InChI=1S/C19H15F2NO5/c1-24-15-8-7-11(10-16(15)25-2)9-13-18(23)27-17(22-13)12-5-3-4-6-14(12)26-19(20)21/h3-10,19H,1-2H3/b13-9-. The summed E-state index contributed by atoms with van der Waals surface area (Å²) >= 11 is 0. The van der Waals surface area contributed by atoms with Crippen molar-refractivity contribution in [2.24, 2.45) is 4.99 Å². The number of alkyl halides is 2. The van der Waals surface area contributed by atoms with Gasteiger partial charge >= 0.3 is 12.6 Å². The Morgan fingerprint density at radius 3 is 2.48 bits per heavy atom. The van der Waals surface area contributed by atoms with E-state index in [4.69, 9.17) is 14.2 Å². The summed E-state index contributed by atoms with van der Waals surface area (Å²) in [6.07, 6.45) is 1.49. The van der Waals surface area contributed by atoms with Gasteiger partial charge in [0.2, 0.25) is 5.90 Å². The molecule has 0 saturated carbocycles. The lowest BCUT2D eigenvalue weighted by molar-refractivity contribution is -0.129. The Labute approximate surface area is 153 Å². The van der Waals surface area contributed by atoms with Gasteiger partial charge in [-0.2, -0.15) is 8.78 Å². The zero-order valence-corrected chi connectivity index (χ0v) is 14.4. The van der Waals surface area contributed by atoms with E-state index in [-0.39, 0.29) is 22.9 Å². The monoisotopic (exact) mass is 375 g/mol. The first-order valence-corrected chi connectivity index (χ1v) is 7.80. The van der Waals surface area contributed by atoms with E-state index in [9.17, 15) is 13.6 Å². The molecule has 2 aromatic carbocycles. The molecular weight excluding hydrogens is 360 g/mol.